The van der Waals surface area contributed by atoms with E-state index in [1.165, 1.54) is 11.0 Å². The van der Waals surface area contributed by atoms with Gasteiger partial charge in [-0.2, -0.15) is 9.90 Å². The molecule has 0 radical (unpaired) electrons. The number of carbonyl (C=O) groups is 1. The van der Waals surface area contributed by atoms with Gasteiger partial charge in [0.05, 0.1) is 24.0 Å². The molecule has 20 heavy (non-hydrogen) atoms. The van der Waals surface area contributed by atoms with Crippen molar-refractivity contribution < 1.29 is 9.90 Å². The maximum Gasteiger partial charge on any atom is 0.273 e. The standard InChI is InChI=1S/C14H18N4O2/c1-3-14(2,10-19)16-13(20)12-9-15-18(17-12)11-7-5-4-6-8-11/h4-9,19H,3,10H2,1-2H3,(H,16,20). The lowest BCUT2D eigenvalue weighted by Gasteiger charge is -2.26. The number of aromatic nitrogens is 3. The minimum Gasteiger partial charge on any atom is -0.394 e. The third-order valence-electron chi connectivity index (χ3n) is 3.26. The summed E-state index contributed by atoms with van der Waals surface area (Å²) in [7, 11) is 0. The zero-order valence-electron chi connectivity index (χ0n) is 11.6. The van der Waals surface area contributed by atoms with Crippen molar-refractivity contribution in [3.8, 4) is 5.69 Å². The number of aliphatic hydroxyl groups is 1. The summed E-state index contributed by atoms with van der Waals surface area (Å²) in [5.74, 6) is -0.342. The maximum atomic E-state index is 12.1. The summed E-state index contributed by atoms with van der Waals surface area (Å²) in [4.78, 5) is 13.5. The molecule has 0 aliphatic heterocycles. The zero-order valence-corrected chi connectivity index (χ0v) is 11.6. The highest BCUT2D eigenvalue weighted by Gasteiger charge is 2.25. The smallest absolute Gasteiger partial charge is 0.273 e. The van der Waals surface area contributed by atoms with E-state index in [1.807, 2.05) is 37.3 Å². The topological polar surface area (TPSA) is 80.0 Å². The third kappa shape index (κ3) is 3.03. The second-order valence-electron chi connectivity index (χ2n) is 4.88. The van der Waals surface area contributed by atoms with Crippen LogP contribution in [0.5, 0.6) is 0 Å². The Labute approximate surface area is 117 Å². The molecule has 1 aromatic heterocycles. The molecule has 0 spiro atoms. The van der Waals surface area contributed by atoms with E-state index in [0.29, 0.717) is 6.42 Å². The molecule has 1 unspecified atom stereocenters. The molecule has 2 aromatic rings. The SMILES string of the molecule is CCC(C)(CO)NC(=O)c1cnn(-c2ccccc2)n1. The van der Waals surface area contributed by atoms with E-state index in [-0.39, 0.29) is 18.2 Å². The zero-order chi connectivity index (χ0) is 14.6. The molecule has 2 rings (SSSR count). The van der Waals surface area contributed by atoms with Crippen LogP contribution in [0.3, 0.4) is 0 Å². The van der Waals surface area contributed by atoms with Crippen LogP contribution in [0.1, 0.15) is 30.8 Å². The van der Waals surface area contributed by atoms with E-state index < -0.39 is 5.54 Å². The van der Waals surface area contributed by atoms with Crippen LogP contribution in [0, 0.1) is 0 Å². The molecule has 2 N–H and O–H groups in total. The Hall–Kier alpha value is -2.21. The molecule has 0 aliphatic rings. The molecule has 106 valence electrons. The molecule has 1 atom stereocenters. The van der Waals surface area contributed by atoms with Crippen molar-refractivity contribution in [2.24, 2.45) is 0 Å². The Morgan fingerprint density at radius 1 is 1.40 bits per heavy atom. The van der Waals surface area contributed by atoms with E-state index in [9.17, 15) is 9.90 Å². The Morgan fingerprint density at radius 2 is 2.10 bits per heavy atom. The molecular weight excluding hydrogens is 256 g/mol. The predicted molar refractivity (Wildman–Crippen MR) is 74.6 cm³/mol. The summed E-state index contributed by atoms with van der Waals surface area (Å²) in [5, 5.41) is 20.3. The van der Waals surface area contributed by atoms with Gasteiger partial charge < -0.3 is 10.4 Å². The lowest BCUT2D eigenvalue weighted by atomic mass is 10.0. The molecule has 0 aliphatic carbocycles. The van der Waals surface area contributed by atoms with Gasteiger partial charge in [0, 0.05) is 0 Å². The normalized spacial score (nSPS) is 13.8. The third-order valence-corrected chi connectivity index (χ3v) is 3.26. The van der Waals surface area contributed by atoms with Crippen LogP contribution >= 0.6 is 0 Å². The van der Waals surface area contributed by atoms with E-state index in [0.717, 1.165) is 5.69 Å². The first kappa shape index (κ1) is 14.2. The van der Waals surface area contributed by atoms with Crippen LogP contribution in [-0.2, 0) is 0 Å². The summed E-state index contributed by atoms with van der Waals surface area (Å²) in [6.07, 6.45) is 2.04. The van der Waals surface area contributed by atoms with E-state index in [1.54, 1.807) is 6.92 Å². The molecule has 0 fully saturated rings. The van der Waals surface area contributed by atoms with Crippen LogP contribution in [0.15, 0.2) is 36.5 Å². The van der Waals surface area contributed by atoms with Crippen molar-refractivity contribution in [2.45, 2.75) is 25.8 Å². The number of hydrogen-bond acceptors (Lipinski definition) is 4. The van der Waals surface area contributed by atoms with Crippen LogP contribution in [0.2, 0.25) is 0 Å². The van der Waals surface area contributed by atoms with Crippen LogP contribution in [0.4, 0.5) is 0 Å². The first-order chi connectivity index (χ1) is 9.58. The molecule has 6 nitrogen and oxygen atoms in total. The Morgan fingerprint density at radius 3 is 2.70 bits per heavy atom. The predicted octanol–water partition coefficient (Wildman–Crippen LogP) is 1.16. The van der Waals surface area contributed by atoms with Gasteiger partial charge in [-0.3, -0.25) is 4.79 Å². The van der Waals surface area contributed by atoms with Crippen LogP contribution < -0.4 is 5.32 Å². The first-order valence-corrected chi connectivity index (χ1v) is 6.49. The number of benzene rings is 1. The Bertz CT molecular complexity index is 576. The summed E-state index contributed by atoms with van der Waals surface area (Å²) in [5.41, 5.74) is 0.363. The number of hydrogen-bond donors (Lipinski definition) is 2. The van der Waals surface area contributed by atoms with Crippen LogP contribution in [-0.4, -0.2) is 38.2 Å². The highest BCUT2D eigenvalue weighted by molar-refractivity contribution is 5.92. The number of rotatable bonds is 5. The highest BCUT2D eigenvalue weighted by Crippen LogP contribution is 2.09. The summed E-state index contributed by atoms with van der Waals surface area (Å²) < 4.78 is 0. The minimum absolute atomic E-state index is 0.123. The van der Waals surface area contributed by atoms with Gasteiger partial charge in [-0.05, 0) is 25.5 Å². The molecule has 6 heteroatoms. The van der Waals surface area contributed by atoms with Crippen molar-refractivity contribution in [1.29, 1.82) is 0 Å². The van der Waals surface area contributed by atoms with Gasteiger partial charge >= 0.3 is 0 Å². The quantitative estimate of drug-likeness (QED) is 0.857. The second kappa shape index (κ2) is 5.83. The molecule has 1 aromatic carbocycles. The first-order valence-electron chi connectivity index (χ1n) is 6.49. The molecule has 0 saturated carbocycles. The largest absolute Gasteiger partial charge is 0.394 e. The van der Waals surface area contributed by atoms with Crippen molar-refractivity contribution in [3.63, 3.8) is 0 Å². The average molecular weight is 274 g/mol. The van der Waals surface area contributed by atoms with Crippen molar-refractivity contribution in [3.05, 3.63) is 42.2 Å². The van der Waals surface area contributed by atoms with Gasteiger partial charge in [0.15, 0.2) is 5.69 Å². The van der Waals surface area contributed by atoms with E-state index >= 15 is 0 Å². The Kier molecular flexibility index (Phi) is 4.14. The maximum absolute atomic E-state index is 12.1. The van der Waals surface area contributed by atoms with Crippen molar-refractivity contribution >= 4 is 5.91 Å². The molecule has 0 saturated heterocycles. The highest BCUT2D eigenvalue weighted by atomic mass is 16.3. The molecule has 0 bridgehead atoms. The van der Waals surface area contributed by atoms with Gasteiger partial charge in [-0.1, -0.05) is 25.1 Å². The van der Waals surface area contributed by atoms with Gasteiger partial charge in [0.2, 0.25) is 0 Å². The van der Waals surface area contributed by atoms with E-state index in [4.69, 9.17) is 0 Å². The molecular formula is C14H18N4O2. The second-order valence-corrected chi connectivity index (χ2v) is 4.88. The number of nitrogens with zero attached hydrogens (tertiary/aromatic N) is 3. The molecule has 1 amide bonds. The van der Waals surface area contributed by atoms with Crippen molar-refractivity contribution in [2.75, 3.05) is 6.61 Å². The fraction of sp³-hybridized carbons (Fsp3) is 0.357. The average Bonchev–Trinajstić information content (AvgIpc) is 2.98. The summed E-state index contributed by atoms with van der Waals surface area (Å²) in [6.45, 7) is 3.56. The monoisotopic (exact) mass is 274 g/mol. The summed E-state index contributed by atoms with van der Waals surface area (Å²) in [6, 6.07) is 9.35. The molecule has 1 heterocycles. The van der Waals surface area contributed by atoms with Gasteiger partial charge in [-0.15, -0.1) is 5.10 Å². The van der Waals surface area contributed by atoms with Crippen molar-refractivity contribution in [1.82, 2.24) is 20.3 Å². The fourth-order valence-corrected chi connectivity index (χ4v) is 1.63. The Balaban J connectivity index is 2.15. The summed E-state index contributed by atoms with van der Waals surface area (Å²) >= 11 is 0. The number of amides is 1. The van der Waals surface area contributed by atoms with Crippen LogP contribution in [0.25, 0.3) is 5.69 Å². The lowest BCUT2D eigenvalue weighted by Crippen LogP contribution is -2.48. The minimum atomic E-state index is -0.645. The van der Waals surface area contributed by atoms with Gasteiger partial charge in [-0.25, -0.2) is 0 Å². The fourth-order valence-electron chi connectivity index (χ4n) is 1.63. The number of nitrogens with one attached hydrogen (secondary N) is 1. The van der Waals surface area contributed by atoms with Gasteiger partial charge in [0.1, 0.15) is 0 Å². The number of aliphatic hydroxyl groups excluding tert-OH is 1. The van der Waals surface area contributed by atoms with Gasteiger partial charge in [0.25, 0.3) is 5.91 Å². The number of carbonyl (C=O) groups excluding carboxylic acids is 1. The van der Waals surface area contributed by atoms with E-state index in [2.05, 4.69) is 15.5 Å². The number of para-hydroxylation sites is 1. The lowest BCUT2D eigenvalue weighted by molar-refractivity contribution is 0.0842.